The van der Waals surface area contributed by atoms with E-state index < -0.39 is 18.0 Å². The van der Waals surface area contributed by atoms with Gasteiger partial charge in [0.05, 0.1) is 11.6 Å². The molecule has 138 valence electrons. The van der Waals surface area contributed by atoms with Crippen LogP contribution < -0.4 is 0 Å². The van der Waals surface area contributed by atoms with Crippen molar-refractivity contribution in [2.24, 2.45) is 4.99 Å². The Labute approximate surface area is 162 Å². The number of halogens is 1. The lowest BCUT2D eigenvalue weighted by atomic mass is 9.89. The lowest BCUT2D eigenvalue weighted by molar-refractivity contribution is 0.140. The third-order valence-electron chi connectivity index (χ3n) is 4.70. The smallest absolute Gasteiger partial charge is 0.217 e. The number of hydrogen-bond acceptors (Lipinski definition) is 4. The van der Waals surface area contributed by atoms with E-state index in [2.05, 4.69) is 11.1 Å². The molecule has 1 aliphatic heterocycles. The summed E-state index contributed by atoms with van der Waals surface area (Å²) in [5.74, 6) is -0.150. The summed E-state index contributed by atoms with van der Waals surface area (Å²) in [7, 11) is 0. The zero-order valence-electron chi connectivity index (χ0n) is 14.9. The highest BCUT2D eigenvalue weighted by Crippen LogP contribution is 2.39. The van der Waals surface area contributed by atoms with E-state index in [1.165, 1.54) is 12.1 Å². The van der Waals surface area contributed by atoms with Crippen molar-refractivity contribution >= 4 is 5.90 Å². The van der Waals surface area contributed by atoms with Gasteiger partial charge in [-0.2, -0.15) is 5.26 Å². The average Bonchev–Trinajstić information content (AvgIpc) is 2.74. The van der Waals surface area contributed by atoms with E-state index in [4.69, 9.17) is 10.00 Å². The summed E-state index contributed by atoms with van der Waals surface area (Å²) in [5.41, 5.74) is 3.12. The number of rotatable bonds is 3. The number of aliphatic hydroxyl groups is 1. The van der Waals surface area contributed by atoms with Gasteiger partial charge in [0.15, 0.2) is 0 Å². The van der Waals surface area contributed by atoms with E-state index in [-0.39, 0.29) is 12.5 Å². The molecule has 4 rings (SSSR count). The normalized spacial score (nSPS) is 18.0. The minimum absolute atomic E-state index is 0.274. The third-order valence-corrected chi connectivity index (χ3v) is 4.70. The van der Waals surface area contributed by atoms with Crippen molar-refractivity contribution in [1.29, 1.82) is 5.26 Å². The molecule has 1 N–H and O–H groups in total. The third kappa shape index (κ3) is 3.51. The lowest BCUT2D eigenvalue weighted by Crippen LogP contribution is -2.23. The monoisotopic (exact) mass is 372 g/mol. The van der Waals surface area contributed by atoms with Crippen LogP contribution in [0.5, 0.6) is 0 Å². The number of nitrogens with zero attached hydrogens (tertiary/aromatic N) is 2. The van der Waals surface area contributed by atoms with Gasteiger partial charge < -0.3 is 9.84 Å². The molecule has 1 aliphatic rings. The number of aliphatic hydroxyl groups excluding tert-OH is 1. The van der Waals surface area contributed by atoms with Crippen LogP contribution in [0.3, 0.4) is 0 Å². The maximum absolute atomic E-state index is 13.8. The van der Waals surface area contributed by atoms with E-state index in [1.54, 1.807) is 24.3 Å². The molecule has 0 saturated heterocycles. The number of benzene rings is 3. The second-order valence-corrected chi connectivity index (χ2v) is 6.57. The highest BCUT2D eigenvalue weighted by Gasteiger charge is 2.32. The van der Waals surface area contributed by atoms with E-state index >= 15 is 0 Å². The largest absolute Gasteiger partial charge is 0.473 e. The van der Waals surface area contributed by atoms with E-state index in [0.717, 1.165) is 5.56 Å². The lowest BCUT2D eigenvalue weighted by Gasteiger charge is -2.28. The molecule has 0 bridgehead atoms. The molecule has 2 atom stereocenters. The van der Waals surface area contributed by atoms with Crippen molar-refractivity contribution in [1.82, 2.24) is 0 Å². The molecule has 0 radical (unpaired) electrons. The predicted octanol–water partition coefficient (Wildman–Crippen LogP) is 4.45. The summed E-state index contributed by atoms with van der Waals surface area (Å²) in [6, 6.07) is 22.2. The van der Waals surface area contributed by atoms with E-state index in [1.807, 2.05) is 36.4 Å². The van der Waals surface area contributed by atoms with Crippen LogP contribution in [0.15, 0.2) is 77.8 Å². The predicted molar refractivity (Wildman–Crippen MR) is 103 cm³/mol. The van der Waals surface area contributed by atoms with Gasteiger partial charge in [-0.05, 0) is 41.0 Å². The van der Waals surface area contributed by atoms with Crippen molar-refractivity contribution in [3.8, 4) is 6.07 Å². The Kier molecular flexibility index (Phi) is 4.88. The van der Waals surface area contributed by atoms with Crippen molar-refractivity contribution in [3.63, 3.8) is 0 Å². The zero-order chi connectivity index (χ0) is 19.5. The summed E-state index contributed by atoms with van der Waals surface area (Å²) < 4.78 is 19.8. The average molecular weight is 372 g/mol. The molecular weight excluding hydrogens is 355 g/mol. The van der Waals surface area contributed by atoms with Gasteiger partial charge in [-0.25, -0.2) is 9.38 Å². The fraction of sp³-hybridized carbons (Fsp3) is 0.130. The summed E-state index contributed by atoms with van der Waals surface area (Å²) >= 11 is 0. The first-order valence-corrected chi connectivity index (χ1v) is 8.88. The van der Waals surface area contributed by atoms with Gasteiger partial charge in [0.2, 0.25) is 5.90 Å². The van der Waals surface area contributed by atoms with Crippen LogP contribution in [0.4, 0.5) is 4.39 Å². The number of fused-ring (bicyclic) bond motifs is 1. The molecule has 3 aromatic carbocycles. The Morgan fingerprint density at radius 1 is 1.04 bits per heavy atom. The number of hydrogen-bond donors (Lipinski definition) is 1. The van der Waals surface area contributed by atoms with Crippen molar-refractivity contribution in [2.45, 2.75) is 18.8 Å². The molecule has 0 aromatic heterocycles. The van der Waals surface area contributed by atoms with Crippen LogP contribution in [0.25, 0.3) is 0 Å². The second kappa shape index (κ2) is 7.63. The Balaban J connectivity index is 1.73. The highest BCUT2D eigenvalue weighted by molar-refractivity contribution is 5.97. The molecule has 0 saturated carbocycles. The van der Waals surface area contributed by atoms with Gasteiger partial charge >= 0.3 is 0 Å². The number of ether oxygens (including phenoxy) is 1. The van der Waals surface area contributed by atoms with E-state index in [0.29, 0.717) is 22.3 Å². The maximum atomic E-state index is 13.8. The second-order valence-electron chi connectivity index (χ2n) is 6.57. The van der Waals surface area contributed by atoms with Crippen LogP contribution >= 0.6 is 0 Å². The van der Waals surface area contributed by atoms with Gasteiger partial charge in [0, 0.05) is 5.56 Å². The molecular formula is C23H17FN2O2. The van der Waals surface area contributed by atoms with Crippen LogP contribution in [-0.4, -0.2) is 11.0 Å². The van der Waals surface area contributed by atoms with Crippen LogP contribution in [0, 0.1) is 17.1 Å². The van der Waals surface area contributed by atoms with Gasteiger partial charge in [0.25, 0.3) is 0 Å². The number of aliphatic imine (C=N–C) groups is 1. The molecule has 0 fully saturated rings. The first kappa shape index (κ1) is 17.9. The Morgan fingerprint density at radius 3 is 2.64 bits per heavy atom. The van der Waals surface area contributed by atoms with Crippen LogP contribution in [-0.2, 0) is 11.3 Å². The molecule has 4 nitrogen and oxygen atoms in total. The highest BCUT2D eigenvalue weighted by atomic mass is 19.1. The molecule has 0 spiro atoms. The van der Waals surface area contributed by atoms with Crippen molar-refractivity contribution < 1.29 is 14.2 Å². The molecule has 0 aliphatic carbocycles. The standard InChI is InChI=1S/C23H17FN2O2/c24-18-9-10-19-20(12-18)23(28-14-15-5-2-1-3-6-15)26-21(22(19)27)17-8-4-7-16(11-17)13-25/h1-12,21-22,27H,14H2. The van der Waals surface area contributed by atoms with Gasteiger partial charge in [0.1, 0.15) is 24.6 Å². The van der Waals surface area contributed by atoms with Crippen LogP contribution in [0.2, 0.25) is 0 Å². The zero-order valence-corrected chi connectivity index (χ0v) is 14.9. The molecule has 1 heterocycles. The Morgan fingerprint density at radius 2 is 1.86 bits per heavy atom. The summed E-state index contributed by atoms with van der Waals surface area (Å²) in [6.45, 7) is 0.274. The fourth-order valence-electron chi connectivity index (χ4n) is 3.30. The van der Waals surface area contributed by atoms with Gasteiger partial charge in [-0.1, -0.05) is 48.5 Å². The van der Waals surface area contributed by atoms with E-state index in [9.17, 15) is 9.50 Å². The van der Waals surface area contributed by atoms with Crippen molar-refractivity contribution in [3.05, 3.63) is 106 Å². The molecule has 2 unspecified atom stereocenters. The Bertz CT molecular complexity index is 1070. The molecule has 5 heteroatoms. The number of nitriles is 1. The van der Waals surface area contributed by atoms with Crippen LogP contribution in [0.1, 0.15) is 40.0 Å². The van der Waals surface area contributed by atoms with Crippen molar-refractivity contribution in [2.75, 3.05) is 0 Å². The quantitative estimate of drug-likeness (QED) is 0.739. The maximum Gasteiger partial charge on any atom is 0.217 e. The van der Waals surface area contributed by atoms with Gasteiger partial charge in [-0.15, -0.1) is 0 Å². The topological polar surface area (TPSA) is 65.6 Å². The minimum atomic E-state index is -0.964. The molecule has 28 heavy (non-hydrogen) atoms. The molecule has 0 amide bonds. The fourth-order valence-corrected chi connectivity index (χ4v) is 3.30. The first-order valence-electron chi connectivity index (χ1n) is 8.88. The Hall–Kier alpha value is -3.49. The SMILES string of the molecule is N#Cc1cccc(C2N=C(OCc3ccccc3)c3cc(F)ccc3C2O)c1. The first-order chi connectivity index (χ1) is 13.7. The minimum Gasteiger partial charge on any atom is -0.473 e. The summed E-state index contributed by atoms with van der Waals surface area (Å²) in [6.07, 6.45) is -0.964. The molecule has 3 aromatic rings. The summed E-state index contributed by atoms with van der Waals surface area (Å²) in [4.78, 5) is 4.57. The summed E-state index contributed by atoms with van der Waals surface area (Å²) in [5, 5.41) is 20.0. The van der Waals surface area contributed by atoms with Gasteiger partial charge in [-0.3, -0.25) is 0 Å².